The van der Waals surface area contributed by atoms with E-state index in [0.717, 1.165) is 6.54 Å². The quantitative estimate of drug-likeness (QED) is 0.696. The minimum Gasteiger partial charge on any atom is -0.378 e. The van der Waals surface area contributed by atoms with Crippen molar-refractivity contribution in [2.45, 2.75) is 64.5 Å². The highest BCUT2D eigenvalue weighted by molar-refractivity contribution is 5.79. The summed E-state index contributed by atoms with van der Waals surface area (Å²) in [7, 11) is 0. The summed E-state index contributed by atoms with van der Waals surface area (Å²) in [6.07, 6.45) is 7.31. The Morgan fingerprint density at radius 3 is 2.72 bits per heavy atom. The van der Waals surface area contributed by atoms with Crippen LogP contribution in [0.25, 0.3) is 0 Å². The molecule has 0 bridgehead atoms. The second-order valence-corrected chi connectivity index (χ2v) is 5.16. The molecule has 4 heteroatoms. The van der Waals surface area contributed by atoms with Gasteiger partial charge < -0.3 is 15.8 Å². The van der Waals surface area contributed by atoms with Crippen LogP contribution < -0.4 is 11.1 Å². The first-order chi connectivity index (χ1) is 8.69. The van der Waals surface area contributed by atoms with Gasteiger partial charge in [-0.3, -0.25) is 4.79 Å². The predicted octanol–water partition coefficient (Wildman–Crippen LogP) is 1.83. The molecule has 1 amide bonds. The van der Waals surface area contributed by atoms with E-state index in [4.69, 9.17) is 10.5 Å². The van der Waals surface area contributed by atoms with Crippen LogP contribution in [0.1, 0.15) is 52.4 Å². The van der Waals surface area contributed by atoms with Crippen LogP contribution in [0.5, 0.6) is 0 Å². The van der Waals surface area contributed by atoms with Gasteiger partial charge >= 0.3 is 0 Å². The van der Waals surface area contributed by atoms with Crippen LogP contribution in [0.15, 0.2) is 0 Å². The number of nitrogens with one attached hydrogen (secondary N) is 1. The fourth-order valence-corrected chi connectivity index (χ4v) is 2.79. The van der Waals surface area contributed by atoms with Crippen molar-refractivity contribution in [3.63, 3.8) is 0 Å². The summed E-state index contributed by atoms with van der Waals surface area (Å²) in [5.74, 6) is 0.418. The Hall–Kier alpha value is -0.610. The third-order valence-electron chi connectivity index (χ3n) is 3.90. The molecule has 1 aliphatic rings. The summed E-state index contributed by atoms with van der Waals surface area (Å²) in [6, 6.07) is -0.251. The number of hydrogen-bond donors (Lipinski definition) is 2. The Morgan fingerprint density at radius 2 is 2.11 bits per heavy atom. The van der Waals surface area contributed by atoms with Gasteiger partial charge in [-0.1, -0.05) is 33.1 Å². The predicted molar refractivity (Wildman–Crippen MR) is 73.3 cm³/mol. The molecular weight excluding hydrogens is 228 g/mol. The van der Waals surface area contributed by atoms with Crippen molar-refractivity contribution in [3.05, 3.63) is 0 Å². The van der Waals surface area contributed by atoms with Crippen molar-refractivity contribution in [1.82, 2.24) is 5.32 Å². The van der Waals surface area contributed by atoms with Gasteiger partial charge in [0.15, 0.2) is 0 Å². The maximum atomic E-state index is 11.2. The first-order valence-electron chi connectivity index (χ1n) is 7.33. The van der Waals surface area contributed by atoms with Gasteiger partial charge in [0, 0.05) is 6.61 Å². The molecule has 3 N–H and O–H groups in total. The van der Waals surface area contributed by atoms with Crippen molar-refractivity contribution in [3.8, 4) is 0 Å². The number of rotatable bonds is 8. The van der Waals surface area contributed by atoms with Crippen LogP contribution in [0.2, 0.25) is 0 Å². The highest BCUT2D eigenvalue weighted by Crippen LogP contribution is 2.29. The first-order valence-corrected chi connectivity index (χ1v) is 7.33. The van der Waals surface area contributed by atoms with Gasteiger partial charge in [0.2, 0.25) is 5.91 Å². The van der Waals surface area contributed by atoms with Gasteiger partial charge in [-0.15, -0.1) is 0 Å². The summed E-state index contributed by atoms with van der Waals surface area (Å²) in [6.45, 7) is 5.60. The van der Waals surface area contributed by atoms with E-state index in [2.05, 4.69) is 12.2 Å². The van der Waals surface area contributed by atoms with E-state index in [9.17, 15) is 4.79 Å². The van der Waals surface area contributed by atoms with Crippen LogP contribution >= 0.6 is 0 Å². The van der Waals surface area contributed by atoms with Crippen molar-refractivity contribution in [1.29, 1.82) is 0 Å². The lowest BCUT2D eigenvalue weighted by atomic mass is 9.85. The molecule has 3 atom stereocenters. The van der Waals surface area contributed by atoms with Crippen LogP contribution in [0.3, 0.4) is 0 Å². The molecule has 0 spiro atoms. The Balaban J connectivity index is 2.28. The van der Waals surface area contributed by atoms with Crippen molar-refractivity contribution >= 4 is 5.91 Å². The zero-order valence-electron chi connectivity index (χ0n) is 11.8. The number of primary amides is 1. The molecular formula is C14H28N2O2. The summed E-state index contributed by atoms with van der Waals surface area (Å²) < 4.78 is 5.97. The molecule has 106 valence electrons. The van der Waals surface area contributed by atoms with Crippen molar-refractivity contribution < 1.29 is 9.53 Å². The lowest BCUT2D eigenvalue weighted by Gasteiger charge is -2.31. The van der Waals surface area contributed by atoms with Crippen LogP contribution in [-0.2, 0) is 9.53 Å². The average Bonchev–Trinajstić information content (AvgIpc) is 2.38. The SMILES string of the molecule is CCNC(CCOC1CCCCC1CC)C(N)=O. The molecule has 1 rings (SSSR count). The average molecular weight is 256 g/mol. The molecule has 1 saturated carbocycles. The molecule has 3 unspecified atom stereocenters. The van der Waals surface area contributed by atoms with Gasteiger partial charge in [0.05, 0.1) is 12.1 Å². The van der Waals surface area contributed by atoms with E-state index in [1.807, 2.05) is 6.92 Å². The van der Waals surface area contributed by atoms with Crippen molar-refractivity contribution in [2.75, 3.05) is 13.2 Å². The summed E-state index contributed by atoms with van der Waals surface area (Å²) in [5, 5.41) is 3.09. The highest BCUT2D eigenvalue weighted by Gasteiger charge is 2.24. The first kappa shape index (κ1) is 15.4. The molecule has 0 heterocycles. The van der Waals surface area contributed by atoms with E-state index in [1.165, 1.54) is 32.1 Å². The molecule has 0 radical (unpaired) electrons. The zero-order valence-corrected chi connectivity index (χ0v) is 11.8. The lowest BCUT2D eigenvalue weighted by Crippen LogP contribution is -2.42. The number of amides is 1. The van der Waals surface area contributed by atoms with Crippen molar-refractivity contribution in [2.24, 2.45) is 11.7 Å². The molecule has 18 heavy (non-hydrogen) atoms. The Labute approximate surface area is 111 Å². The number of hydrogen-bond acceptors (Lipinski definition) is 3. The Morgan fingerprint density at radius 1 is 1.39 bits per heavy atom. The zero-order chi connectivity index (χ0) is 13.4. The Kier molecular flexibility index (Phi) is 7.28. The van der Waals surface area contributed by atoms with Crippen LogP contribution in [-0.4, -0.2) is 31.2 Å². The molecule has 0 aromatic heterocycles. The largest absolute Gasteiger partial charge is 0.378 e. The molecule has 0 aromatic rings. The van der Waals surface area contributed by atoms with E-state index in [-0.39, 0.29) is 11.9 Å². The van der Waals surface area contributed by atoms with Crippen LogP contribution in [0.4, 0.5) is 0 Å². The number of likely N-dealkylation sites (N-methyl/N-ethyl adjacent to an activating group) is 1. The molecule has 4 nitrogen and oxygen atoms in total. The summed E-state index contributed by atoms with van der Waals surface area (Å²) >= 11 is 0. The van der Waals surface area contributed by atoms with Gasteiger partial charge in [0.1, 0.15) is 0 Å². The third kappa shape index (κ3) is 4.94. The number of ether oxygens (including phenoxy) is 1. The van der Waals surface area contributed by atoms with E-state index < -0.39 is 0 Å². The van der Waals surface area contributed by atoms with Gasteiger partial charge in [-0.05, 0) is 31.7 Å². The number of carbonyl (C=O) groups excluding carboxylic acids is 1. The van der Waals surface area contributed by atoms with E-state index in [1.54, 1.807) is 0 Å². The standard InChI is InChI=1S/C14H28N2O2/c1-3-11-7-5-6-8-13(11)18-10-9-12(14(15)17)16-4-2/h11-13,16H,3-10H2,1-2H3,(H2,15,17). The summed E-state index contributed by atoms with van der Waals surface area (Å²) in [5.41, 5.74) is 5.34. The minimum absolute atomic E-state index is 0.251. The fourth-order valence-electron chi connectivity index (χ4n) is 2.79. The van der Waals surface area contributed by atoms with Gasteiger partial charge in [-0.2, -0.15) is 0 Å². The molecule has 1 fully saturated rings. The third-order valence-corrected chi connectivity index (χ3v) is 3.90. The topological polar surface area (TPSA) is 64.3 Å². The fraction of sp³-hybridized carbons (Fsp3) is 0.929. The smallest absolute Gasteiger partial charge is 0.234 e. The minimum atomic E-state index is -0.281. The second-order valence-electron chi connectivity index (χ2n) is 5.16. The van der Waals surface area contributed by atoms with E-state index in [0.29, 0.717) is 25.0 Å². The maximum Gasteiger partial charge on any atom is 0.234 e. The second kappa shape index (κ2) is 8.48. The molecule has 1 aliphatic carbocycles. The lowest BCUT2D eigenvalue weighted by molar-refractivity contribution is -0.120. The van der Waals surface area contributed by atoms with Gasteiger partial charge in [-0.25, -0.2) is 0 Å². The monoisotopic (exact) mass is 256 g/mol. The van der Waals surface area contributed by atoms with Crippen LogP contribution in [0, 0.1) is 5.92 Å². The molecule has 0 saturated heterocycles. The van der Waals surface area contributed by atoms with E-state index >= 15 is 0 Å². The normalized spacial score (nSPS) is 25.9. The van der Waals surface area contributed by atoms with Gasteiger partial charge in [0.25, 0.3) is 0 Å². The highest BCUT2D eigenvalue weighted by atomic mass is 16.5. The Bertz CT molecular complexity index is 246. The number of nitrogens with two attached hydrogens (primary N) is 1. The maximum absolute atomic E-state index is 11.2. The summed E-state index contributed by atoms with van der Waals surface area (Å²) in [4.78, 5) is 11.2. The number of carbonyl (C=O) groups is 1. The molecule has 0 aliphatic heterocycles. The molecule has 0 aromatic carbocycles.